The van der Waals surface area contributed by atoms with Crippen molar-refractivity contribution in [3.8, 4) is 5.75 Å². The van der Waals surface area contributed by atoms with Crippen LogP contribution in [0.1, 0.15) is 16.8 Å². The highest BCUT2D eigenvalue weighted by Gasteiger charge is 2.29. The third-order valence-electron chi connectivity index (χ3n) is 5.74. The molecule has 2 heterocycles. The number of anilines is 2. The van der Waals surface area contributed by atoms with Gasteiger partial charge in [0.15, 0.2) is 0 Å². The number of benzene rings is 2. The van der Waals surface area contributed by atoms with Gasteiger partial charge >= 0.3 is 0 Å². The third kappa shape index (κ3) is 6.13. The number of fused-ring (bicyclic) bond motifs is 1. The molecule has 9 nitrogen and oxygen atoms in total. The maximum absolute atomic E-state index is 13.2. The molecule has 0 bridgehead atoms. The maximum Gasteiger partial charge on any atom is 0.257 e. The predicted molar refractivity (Wildman–Crippen MR) is 137 cm³/mol. The zero-order valence-electron chi connectivity index (χ0n) is 20.2. The van der Waals surface area contributed by atoms with Crippen molar-refractivity contribution < 1.29 is 14.3 Å². The van der Waals surface area contributed by atoms with Crippen LogP contribution in [0, 0.1) is 0 Å². The Balaban J connectivity index is 1.38. The second-order valence-electron chi connectivity index (χ2n) is 8.70. The third-order valence-corrected chi connectivity index (χ3v) is 5.74. The number of nitrogens with one attached hydrogen (secondary N) is 2. The number of likely N-dealkylation sites (N-methyl/N-ethyl adjacent to an activating group) is 1. The zero-order chi connectivity index (χ0) is 24.8. The van der Waals surface area contributed by atoms with Crippen LogP contribution in [0.3, 0.4) is 0 Å². The lowest BCUT2D eigenvalue weighted by molar-refractivity contribution is -0.111. The Morgan fingerprint density at radius 2 is 2.06 bits per heavy atom. The quantitative estimate of drug-likeness (QED) is 0.484. The second kappa shape index (κ2) is 11.0. The normalized spacial score (nSPS) is 15.7. The summed E-state index contributed by atoms with van der Waals surface area (Å²) in [6.45, 7) is 1.82. The zero-order valence-corrected chi connectivity index (χ0v) is 20.2. The van der Waals surface area contributed by atoms with Crippen LogP contribution in [0.25, 0.3) is 10.9 Å². The molecule has 9 heteroatoms. The molecule has 4 rings (SSSR count). The highest BCUT2D eigenvalue weighted by atomic mass is 16.5. The average molecular weight is 475 g/mol. The molecule has 35 heavy (non-hydrogen) atoms. The topological polar surface area (TPSA) is 99.7 Å². The largest absolute Gasteiger partial charge is 0.496 e. The number of hydrogen-bond acceptors (Lipinski definition) is 7. The van der Waals surface area contributed by atoms with Crippen LogP contribution >= 0.6 is 0 Å². The van der Waals surface area contributed by atoms with Crippen LogP contribution < -0.4 is 15.4 Å². The summed E-state index contributed by atoms with van der Waals surface area (Å²) in [5.41, 5.74) is 1.89. The van der Waals surface area contributed by atoms with E-state index in [1.54, 1.807) is 35.4 Å². The first-order valence-electron chi connectivity index (χ1n) is 11.5. The van der Waals surface area contributed by atoms with Crippen molar-refractivity contribution in [2.24, 2.45) is 0 Å². The highest BCUT2D eigenvalue weighted by Crippen LogP contribution is 2.26. The van der Waals surface area contributed by atoms with E-state index in [0.717, 1.165) is 17.3 Å². The van der Waals surface area contributed by atoms with Gasteiger partial charge in [-0.3, -0.25) is 9.59 Å². The molecule has 0 aliphatic carbocycles. The van der Waals surface area contributed by atoms with Crippen LogP contribution in [-0.4, -0.2) is 78.5 Å². The lowest BCUT2D eigenvalue weighted by Crippen LogP contribution is -2.32. The molecule has 2 N–H and O–H groups in total. The Bertz CT molecular complexity index is 1240. The van der Waals surface area contributed by atoms with Gasteiger partial charge in [0.05, 0.1) is 18.2 Å². The summed E-state index contributed by atoms with van der Waals surface area (Å²) >= 11 is 0. The fraction of sp³-hybridized carbons (Fsp3) is 0.308. The minimum atomic E-state index is -0.239. The standard InChI is InChI=1S/C26H30N6O3/c1-31(2)13-6-9-24(33)28-19-10-11-21(23(15-19)35-3)25(34)32-14-12-20(17-32)29-26-27-16-18-7-4-5-8-22(18)30-26/h4-11,15-16,20H,12-14,17H2,1-3H3,(H,28,33)(H,27,29,30)/b9-6+/t20-/m0/s1. The number of carbonyl (C=O) groups excluding carboxylic acids is 2. The molecular formula is C26H30N6O3. The Kier molecular flexibility index (Phi) is 7.57. The molecule has 0 radical (unpaired) electrons. The van der Waals surface area contributed by atoms with E-state index in [9.17, 15) is 9.59 Å². The number of para-hydroxylation sites is 1. The Labute approximate surface area is 204 Å². The monoisotopic (exact) mass is 474 g/mol. The number of methoxy groups -OCH3 is 1. The molecule has 0 spiro atoms. The highest BCUT2D eigenvalue weighted by molar-refractivity contribution is 6.01. The van der Waals surface area contributed by atoms with Crippen molar-refractivity contribution in [1.29, 1.82) is 0 Å². The van der Waals surface area contributed by atoms with Crippen molar-refractivity contribution in [2.75, 3.05) is 51.5 Å². The number of carbonyl (C=O) groups is 2. The average Bonchev–Trinajstić information content (AvgIpc) is 3.31. The molecule has 1 saturated heterocycles. The van der Waals surface area contributed by atoms with Crippen LogP contribution in [0.5, 0.6) is 5.75 Å². The van der Waals surface area contributed by atoms with Gasteiger partial charge in [0.1, 0.15) is 5.75 Å². The van der Waals surface area contributed by atoms with Gasteiger partial charge < -0.3 is 25.2 Å². The summed E-state index contributed by atoms with van der Waals surface area (Å²) in [5, 5.41) is 7.13. The first-order valence-corrected chi connectivity index (χ1v) is 11.5. The van der Waals surface area contributed by atoms with E-state index in [-0.39, 0.29) is 17.9 Å². The second-order valence-corrected chi connectivity index (χ2v) is 8.70. The van der Waals surface area contributed by atoms with E-state index in [1.165, 1.54) is 13.2 Å². The van der Waals surface area contributed by atoms with E-state index in [4.69, 9.17) is 4.74 Å². The van der Waals surface area contributed by atoms with Crippen molar-refractivity contribution in [3.63, 3.8) is 0 Å². The molecule has 2 aromatic carbocycles. The molecule has 1 fully saturated rings. The molecule has 1 aliphatic rings. The van der Waals surface area contributed by atoms with Crippen molar-refractivity contribution >= 4 is 34.4 Å². The number of rotatable bonds is 8. The van der Waals surface area contributed by atoms with E-state index in [1.807, 2.05) is 43.3 Å². The maximum atomic E-state index is 13.2. The first kappa shape index (κ1) is 24.2. The van der Waals surface area contributed by atoms with Gasteiger partial charge in [0.2, 0.25) is 11.9 Å². The minimum Gasteiger partial charge on any atom is -0.496 e. The summed E-state index contributed by atoms with van der Waals surface area (Å²) in [6.07, 6.45) is 5.86. The Morgan fingerprint density at radius 1 is 1.23 bits per heavy atom. The van der Waals surface area contributed by atoms with Gasteiger partial charge in [-0.1, -0.05) is 24.3 Å². The van der Waals surface area contributed by atoms with Crippen molar-refractivity contribution in [2.45, 2.75) is 12.5 Å². The van der Waals surface area contributed by atoms with Gasteiger partial charge in [-0.2, -0.15) is 0 Å². The molecular weight excluding hydrogens is 444 g/mol. The summed E-state index contributed by atoms with van der Waals surface area (Å²) < 4.78 is 5.47. The Morgan fingerprint density at radius 3 is 2.86 bits per heavy atom. The molecule has 1 atom stereocenters. The van der Waals surface area contributed by atoms with Gasteiger partial charge in [-0.15, -0.1) is 0 Å². The molecule has 3 aromatic rings. The number of aromatic nitrogens is 2. The van der Waals surface area contributed by atoms with Gasteiger partial charge in [0, 0.05) is 55.1 Å². The van der Waals surface area contributed by atoms with Crippen LogP contribution in [0.4, 0.5) is 11.6 Å². The SMILES string of the molecule is COc1cc(NC(=O)/C=C/CN(C)C)ccc1C(=O)N1CC[C@H](Nc2ncc3ccccc3n2)C1. The molecule has 1 aliphatic heterocycles. The van der Waals surface area contributed by atoms with E-state index in [0.29, 0.717) is 42.6 Å². The molecule has 182 valence electrons. The number of ether oxygens (including phenoxy) is 1. The van der Waals surface area contributed by atoms with Crippen molar-refractivity contribution in [1.82, 2.24) is 19.8 Å². The predicted octanol–water partition coefficient (Wildman–Crippen LogP) is 3.02. The fourth-order valence-electron chi connectivity index (χ4n) is 3.96. The fourth-order valence-corrected chi connectivity index (χ4v) is 3.96. The number of hydrogen-bond donors (Lipinski definition) is 2. The Hall–Kier alpha value is -3.98. The summed E-state index contributed by atoms with van der Waals surface area (Å²) in [5.74, 6) is 0.617. The van der Waals surface area contributed by atoms with Gasteiger partial charge in [-0.05, 0) is 38.7 Å². The lowest BCUT2D eigenvalue weighted by atomic mass is 10.1. The molecule has 0 saturated carbocycles. The van der Waals surface area contributed by atoms with Crippen molar-refractivity contribution in [3.05, 3.63) is 66.4 Å². The summed E-state index contributed by atoms with van der Waals surface area (Å²) in [6, 6.07) is 12.9. The number of nitrogens with zero attached hydrogens (tertiary/aromatic N) is 4. The van der Waals surface area contributed by atoms with E-state index < -0.39 is 0 Å². The summed E-state index contributed by atoms with van der Waals surface area (Å²) in [7, 11) is 5.37. The van der Waals surface area contributed by atoms with Crippen LogP contribution in [0.15, 0.2) is 60.8 Å². The summed E-state index contributed by atoms with van der Waals surface area (Å²) in [4.78, 5) is 38.1. The minimum absolute atomic E-state index is 0.0543. The number of likely N-dealkylation sites (tertiary alicyclic amines) is 1. The van der Waals surface area contributed by atoms with E-state index in [2.05, 4.69) is 20.6 Å². The van der Waals surface area contributed by atoms with Gasteiger partial charge in [0.25, 0.3) is 5.91 Å². The molecule has 1 aromatic heterocycles. The first-order chi connectivity index (χ1) is 16.9. The smallest absolute Gasteiger partial charge is 0.257 e. The van der Waals surface area contributed by atoms with Gasteiger partial charge in [-0.25, -0.2) is 9.97 Å². The molecule has 0 unspecified atom stereocenters. The number of amides is 2. The van der Waals surface area contributed by atoms with Crippen LogP contribution in [0.2, 0.25) is 0 Å². The van der Waals surface area contributed by atoms with E-state index >= 15 is 0 Å². The molecule has 2 amide bonds. The van der Waals surface area contributed by atoms with Crippen LogP contribution in [-0.2, 0) is 4.79 Å². The lowest BCUT2D eigenvalue weighted by Gasteiger charge is -2.19.